The Hall–Kier alpha value is -1.86. The molecule has 2 aromatic rings. The summed E-state index contributed by atoms with van der Waals surface area (Å²) in [5, 5.41) is 7.31. The van der Waals surface area contributed by atoms with E-state index in [1.807, 2.05) is 36.4 Å². The smallest absolute Gasteiger partial charge is 0.179 e. The van der Waals surface area contributed by atoms with Crippen molar-refractivity contribution in [3.8, 4) is 0 Å². The summed E-state index contributed by atoms with van der Waals surface area (Å²) in [6, 6.07) is 14.4. The molecule has 4 nitrogen and oxygen atoms in total. The lowest BCUT2D eigenvalue weighted by Crippen LogP contribution is -2.48. The van der Waals surface area contributed by atoms with E-state index in [0.29, 0.717) is 17.1 Å². The summed E-state index contributed by atoms with van der Waals surface area (Å²) in [5.41, 5.74) is 2.34. The first-order chi connectivity index (χ1) is 13.6. The van der Waals surface area contributed by atoms with Crippen molar-refractivity contribution in [3.63, 3.8) is 0 Å². The van der Waals surface area contributed by atoms with Gasteiger partial charge in [0.2, 0.25) is 0 Å². The van der Waals surface area contributed by atoms with Gasteiger partial charge in [-0.1, -0.05) is 48.5 Å². The molecule has 0 aliphatic carbocycles. The van der Waals surface area contributed by atoms with E-state index in [2.05, 4.69) is 21.4 Å². The second kappa shape index (κ2) is 10.1. The van der Waals surface area contributed by atoms with Crippen LogP contribution in [0.1, 0.15) is 11.1 Å². The number of aliphatic imine (C=N–C) groups is 1. The first-order valence-corrected chi connectivity index (χ1v) is 10.4. The highest BCUT2D eigenvalue weighted by Crippen LogP contribution is 2.20. The van der Waals surface area contributed by atoms with Gasteiger partial charge in [0.1, 0.15) is 5.82 Å². The molecule has 0 radical (unpaired) electrons. The highest BCUT2D eigenvalue weighted by molar-refractivity contribution is 8.11. The Bertz CT molecular complexity index is 833. The van der Waals surface area contributed by atoms with E-state index >= 15 is 0 Å². The van der Waals surface area contributed by atoms with Crippen molar-refractivity contribution >= 4 is 34.4 Å². The summed E-state index contributed by atoms with van der Waals surface area (Å²) in [5.74, 6) is -0.129. The lowest BCUT2D eigenvalue weighted by atomic mass is 10.1. The third-order valence-electron chi connectivity index (χ3n) is 4.81. The normalized spacial score (nSPS) is 15.7. The fraction of sp³-hybridized carbons (Fsp3) is 0.286. The lowest BCUT2D eigenvalue weighted by molar-refractivity contribution is 0.185. The van der Waals surface area contributed by atoms with E-state index in [4.69, 9.17) is 16.7 Å². The molecule has 0 bridgehead atoms. The van der Waals surface area contributed by atoms with Crippen LogP contribution in [0.25, 0.3) is 5.70 Å². The molecular formula is C21H24ClFN4S. The van der Waals surface area contributed by atoms with Gasteiger partial charge in [0.15, 0.2) is 5.17 Å². The van der Waals surface area contributed by atoms with Crippen LogP contribution in [0.2, 0.25) is 5.02 Å². The molecule has 28 heavy (non-hydrogen) atoms. The summed E-state index contributed by atoms with van der Waals surface area (Å²) in [7, 11) is 0. The van der Waals surface area contributed by atoms with Gasteiger partial charge in [0.05, 0.1) is 5.70 Å². The molecule has 1 saturated heterocycles. The molecule has 3 rings (SSSR count). The van der Waals surface area contributed by atoms with E-state index in [9.17, 15) is 4.39 Å². The molecule has 148 valence electrons. The van der Waals surface area contributed by atoms with Crippen LogP contribution in [0, 0.1) is 5.82 Å². The number of halogens is 2. The van der Waals surface area contributed by atoms with Crippen LogP contribution in [-0.4, -0.2) is 47.7 Å². The van der Waals surface area contributed by atoms with Gasteiger partial charge in [-0.05, 0) is 47.7 Å². The highest BCUT2D eigenvalue weighted by Gasteiger charge is 2.20. The summed E-state index contributed by atoms with van der Waals surface area (Å²) < 4.78 is 13.8. The van der Waals surface area contributed by atoms with Crippen molar-refractivity contribution < 1.29 is 4.39 Å². The van der Waals surface area contributed by atoms with Gasteiger partial charge in [-0.3, -0.25) is 10.0 Å². The van der Waals surface area contributed by atoms with Crippen molar-refractivity contribution in [2.24, 2.45) is 10.1 Å². The van der Waals surface area contributed by atoms with Crippen LogP contribution in [0.15, 0.2) is 60.1 Å². The zero-order valence-electron chi connectivity index (χ0n) is 15.7. The zero-order valence-corrected chi connectivity index (χ0v) is 17.2. The maximum atomic E-state index is 13.8. The minimum Gasteiger partial charge on any atom is -0.348 e. The molecule has 2 N–H and O–H groups in total. The Morgan fingerprint density at radius 2 is 1.79 bits per heavy atom. The summed E-state index contributed by atoms with van der Waals surface area (Å²) in [4.78, 5) is 9.14. The third-order valence-corrected chi connectivity index (χ3v) is 5.62. The number of hydrogen-bond donors (Lipinski definition) is 1. The molecule has 0 unspecified atom stereocenters. The maximum Gasteiger partial charge on any atom is 0.179 e. The van der Waals surface area contributed by atoms with Gasteiger partial charge < -0.3 is 4.90 Å². The molecule has 0 spiro atoms. The van der Waals surface area contributed by atoms with Gasteiger partial charge in [-0.25, -0.2) is 9.38 Å². The standard InChI is InChI=1S/C21H24ClFN4S/c1-16(17-6-8-19(22)9-7-17)25-21(28-24)27-14-12-26(13-15-27)11-10-18-4-2-3-5-20(18)23/h2-9H,1,10-15,24H2/b25-21-. The second-order valence-corrected chi connectivity index (χ2v) is 7.67. The van der Waals surface area contributed by atoms with Crippen molar-refractivity contribution in [2.75, 3.05) is 32.7 Å². The molecule has 0 aromatic heterocycles. The van der Waals surface area contributed by atoms with Crippen molar-refractivity contribution in [2.45, 2.75) is 6.42 Å². The van der Waals surface area contributed by atoms with E-state index in [-0.39, 0.29) is 5.82 Å². The van der Waals surface area contributed by atoms with Crippen LogP contribution >= 0.6 is 23.5 Å². The second-order valence-electron chi connectivity index (χ2n) is 6.64. The molecule has 0 amide bonds. The van der Waals surface area contributed by atoms with E-state index in [0.717, 1.165) is 61.0 Å². The molecule has 1 aliphatic rings. The molecule has 1 fully saturated rings. The average Bonchev–Trinajstić information content (AvgIpc) is 2.72. The molecule has 0 saturated carbocycles. The Labute approximate surface area is 175 Å². The molecule has 2 aromatic carbocycles. The van der Waals surface area contributed by atoms with Crippen LogP contribution in [0.3, 0.4) is 0 Å². The predicted molar refractivity (Wildman–Crippen MR) is 118 cm³/mol. The molecule has 0 atom stereocenters. The Balaban J connectivity index is 1.54. The number of piperazine rings is 1. The molecule has 1 aliphatic heterocycles. The fourth-order valence-corrected chi connectivity index (χ4v) is 3.76. The van der Waals surface area contributed by atoms with Gasteiger partial charge in [0, 0.05) is 37.7 Å². The van der Waals surface area contributed by atoms with E-state index in [1.54, 1.807) is 6.07 Å². The Morgan fingerprint density at radius 3 is 2.43 bits per heavy atom. The predicted octanol–water partition coefficient (Wildman–Crippen LogP) is 4.27. The Morgan fingerprint density at radius 1 is 1.11 bits per heavy atom. The monoisotopic (exact) mass is 418 g/mol. The largest absolute Gasteiger partial charge is 0.348 e. The Kier molecular flexibility index (Phi) is 7.50. The first-order valence-electron chi connectivity index (χ1n) is 9.18. The number of nitrogens with zero attached hydrogens (tertiary/aromatic N) is 3. The summed E-state index contributed by atoms with van der Waals surface area (Å²) in [6.07, 6.45) is 0.715. The zero-order chi connectivity index (χ0) is 19.9. The van der Waals surface area contributed by atoms with Crippen molar-refractivity contribution in [3.05, 3.63) is 77.1 Å². The van der Waals surface area contributed by atoms with Crippen LogP contribution < -0.4 is 5.14 Å². The highest BCUT2D eigenvalue weighted by atomic mass is 35.5. The molecular weight excluding hydrogens is 395 g/mol. The number of benzene rings is 2. The molecule has 7 heteroatoms. The molecule has 1 heterocycles. The van der Waals surface area contributed by atoms with Crippen LogP contribution in [-0.2, 0) is 6.42 Å². The van der Waals surface area contributed by atoms with E-state index < -0.39 is 0 Å². The summed E-state index contributed by atoms with van der Waals surface area (Å²) >= 11 is 7.07. The minimum absolute atomic E-state index is 0.129. The quantitative estimate of drug-likeness (QED) is 0.447. The first kappa shape index (κ1) is 20.9. The van der Waals surface area contributed by atoms with Gasteiger partial charge in [0.25, 0.3) is 0 Å². The van der Waals surface area contributed by atoms with Gasteiger partial charge in [-0.15, -0.1) is 0 Å². The third kappa shape index (κ3) is 5.58. The lowest BCUT2D eigenvalue weighted by Gasteiger charge is -2.35. The number of nitrogens with two attached hydrogens (primary N) is 1. The average molecular weight is 419 g/mol. The number of hydrogen-bond acceptors (Lipinski definition) is 4. The van der Waals surface area contributed by atoms with E-state index in [1.165, 1.54) is 6.07 Å². The van der Waals surface area contributed by atoms with Gasteiger partial charge >= 0.3 is 0 Å². The topological polar surface area (TPSA) is 44.9 Å². The van der Waals surface area contributed by atoms with Crippen molar-refractivity contribution in [1.82, 2.24) is 9.80 Å². The van der Waals surface area contributed by atoms with Crippen LogP contribution in [0.4, 0.5) is 4.39 Å². The SMILES string of the molecule is C=C(/N=C(\SN)N1CCN(CCc2ccccc2F)CC1)c1ccc(Cl)cc1. The number of amidine groups is 1. The minimum atomic E-state index is -0.129. The summed E-state index contributed by atoms with van der Waals surface area (Å²) in [6.45, 7) is 8.33. The fourth-order valence-electron chi connectivity index (χ4n) is 3.14. The van der Waals surface area contributed by atoms with Crippen molar-refractivity contribution in [1.29, 1.82) is 0 Å². The van der Waals surface area contributed by atoms with Gasteiger partial charge in [-0.2, -0.15) is 0 Å². The van der Waals surface area contributed by atoms with Crippen LogP contribution in [0.5, 0.6) is 0 Å². The number of rotatable bonds is 5. The maximum absolute atomic E-state index is 13.8.